The molecule has 1 heteroatoms. The molecule has 11 heavy (non-hydrogen) atoms. The third-order valence-corrected chi connectivity index (χ3v) is 3.06. The van der Waals surface area contributed by atoms with Crippen LogP contribution in [0.4, 0.5) is 0 Å². The molecule has 0 radical (unpaired) electrons. The van der Waals surface area contributed by atoms with E-state index in [1.54, 1.807) is 0 Å². The lowest BCUT2D eigenvalue weighted by molar-refractivity contribution is 0.194. The minimum Gasteiger partial charge on any atom is -0.303 e. The summed E-state index contributed by atoms with van der Waals surface area (Å²) in [6.45, 7) is 6.02. The predicted octanol–water partition coefficient (Wildman–Crippen LogP) is 2.52. The summed E-state index contributed by atoms with van der Waals surface area (Å²) in [5, 5.41) is 0. The maximum atomic E-state index is 2.54. The third-order valence-electron chi connectivity index (χ3n) is 3.06. The predicted molar refractivity (Wildman–Crippen MR) is 49.7 cm³/mol. The van der Waals surface area contributed by atoms with Crippen molar-refractivity contribution in [3.8, 4) is 0 Å². The van der Waals surface area contributed by atoms with Crippen LogP contribution < -0.4 is 0 Å². The van der Waals surface area contributed by atoms with Crippen LogP contribution in [-0.4, -0.2) is 24.5 Å². The van der Waals surface area contributed by atoms with Crippen LogP contribution in [0.5, 0.6) is 0 Å². The Bertz CT molecular complexity index is 99.4. The van der Waals surface area contributed by atoms with Gasteiger partial charge in [-0.25, -0.2) is 0 Å². The molecule has 1 aliphatic heterocycles. The highest BCUT2D eigenvalue weighted by molar-refractivity contribution is 4.76. The summed E-state index contributed by atoms with van der Waals surface area (Å²) in [4.78, 5) is 2.54. The standard InChI is InChI=1S/C10H21N/c1-4-10-9(2)7-5-6-8-11(10)3/h9-10H,4-8H2,1-3H3. The molecule has 0 aromatic heterocycles. The van der Waals surface area contributed by atoms with E-state index in [2.05, 4.69) is 25.8 Å². The molecular formula is C10H21N. The molecule has 2 atom stereocenters. The molecule has 1 aliphatic rings. The van der Waals surface area contributed by atoms with Gasteiger partial charge in [-0.05, 0) is 38.8 Å². The second-order valence-electron chi connectivity index (χ2n) is 3.93. The Balaban J connectivity index is 2.51. The fraction of sp³-hybridized carbons (Fsp3) is 1.00. The highest BCUT2D eigenvalue weighted by Crippen LogP contribution is 2.23. The van der Waals surface area contributed by atoms with Gasteiger partial charge in [0.05, 0.1) is 0 Å². The van der Waals surface area contributed by atoms with Gasteiger partial charge in [-0.3, -0.25) is 0 Å². The van der Waals surface area contributed by atoms with Gasteiger partial charge in [0.1, 0.15) is 0 Å². The topological polar surface area (TPSA) is 3.24 Å². The molecule has 0 aromatic rings. The Labute approximate surface area is 70.8 Å². The van der Waals surface area contributed by atoms with Gasteiger partial charge in [0.2, 0.25) is 0 Å². The number of hydrogen-bond donors (Lipinski definition) is 0. The molecule has 1 fully saturated rings. The zero-order chi connectivity index (χ0) is 8.27. The SMILES string of the molecule is CCC1C(C)CCCCN1C. The van der Waals surface area contributed by atoms with Crippen LogP contribution in [0.1, 0.15) is 39.5 Å². The Morgan fingerprint density at radius 1 is 1.36 bits per heavy atom. The van der Waals surface area contributed by atoms with Crippen molar-refractivity contribution in [2.75, 3.05) is 13.6 Å². The molecule has 1 saturated heterocycles. The van der Waals surface area contributed by atoms with Crippen molar-refractivity contribution in [3.63, 3.8) is 0 Å². The molecule has 0 spiro atoms. The fourth-order valence-electron chi connectivity index (χ4n) is 2.33. The van der Waals surface area contributed by atoms with Crippen LogP contribution in [-0.2, 0) is 0 Å². The van der Waals surface area contributed by atoms with Crippen molar-refractivity contribution in [2.24, 2.45) is 5.92 Å². The van der Waals surface area contributed by atoms with Gasteiger partial charge >= 0.3 is 0 Å². The lowest BCUT2D eigenvalue weighted by Gasteiger charge is -2.29. The molecule has 0 N–H and O–H groups in total. The minimum atomic E-state index is 0.845. The van der Waals surface area contributed by atoms with E-state index in [-0.39, 0.29) is 0 Å². The van der Waals surface area contributed by atoms with E-state index in [1.165, 1.54) is 32.2 Å². The molecule has 0 bridgehead atoms. The van der Waals surface area contributed by atoms with Crippen LogP contribution in [0.15, 0.2) is 0 Å². The molecule has 1 rings (SSSR count). The zero-order valence-corrected chi connectivity index (χ0v) is 8.14. The zero-order valence-electron chi connectivity index (χ0n) is 8.14. The van der Waals surface area contributed by atoms with Crippen LogP contribution in [0, 0.1) is 5.92 Å². The van der Waals surface area contributed by atoms with E-state index in [0.717, 1.165) is 12.0 Å². The summed E-state index contributed by atoms with van der Waals surface area (Å²) in [5.74, 6) is 0.910. The molecule has 2 unspecified atom stereocenters. The number of rotatable bonds is 1. The van der Waals surface area contributed by atoms with Gasteiger partial charge in [0.25, 0.3) is 0 Å². The second-order valence-corrected chi connectivity index (χ2v) is 3.93. The van der Waals surface area contributed by atoms with Crippen molar-refractivity contribution < 1.29 is 0 Å². The largest absolute Gasteiger partial charge is 0.303 e. The maximum Gasteiger partial charge on any atom is 0.0115 e. The van der Waals surface area contributed by atoms with Crippen LogP contribution >= 0.6 is 0 Å². The highest BCUT2D eigenvalue weighted by atomic mass is 15.1. The first kappa shape index (κ1) is 9.05. The van der Waals surface area contributed by atoms with Crippen molar-refractivity contribution in [3.05, 3.63) is 0 Å². The summed E-state index contributed by atoms with van der Waals surface area (Å²) in [6, 6.07) is 0.845. The quantitative estimate of drug-likeness (QED) is 0.562. The average Bonchev–Trinajstić information content (AvgIpc) is 2.12. The van der Waals surface area contributed by atoms with Gasteiger partial charge < -0.3 is 4.90 Å². The molecular weight excluding hydrogens is 134 g/mol. The van der Waals surface area contributed by atoms with E-state index in [4.69, 9.17) is 0 Å². The molecule has 0 aromatic carbocycles. The molecule has 0 saturated carbocycles. The summed E-state index contributed by atoms with van der Waals surface area (Å²) in [7, 11) is 2.27. The molecule has 1 nitrogen and oxygen atoms in total. The van der Waals surface area contributed by atoms with Crippen LogP contribution in [0.3, 0.4) is 0 Å². The van der Waals surface area contributed by atoms with Gasteiger partial charge in [-0.15, -0.1) is 0 Å². The number of nitrogens with zero attached hydrogens (tertiary/aromatic N) is 1. The van der Waals surface area contributed by atoms with Crippen molar-refractivity contribution in [1.82, 2.24) is 4.90 Å². The van der Waals surface area contributed by atoms with Crippen molar-refractivity contribution in [1.29, 1.82) is 0 Å². The summed E-state index contributed by atoms with van der Waals surface area (Å²) < 4.78 is 0. The normalized spacial score (nSPS) is 35.2. The van der Waals surface area contributed by atoms with E-state index in [9.17, 15) is 0 Å². The average molecular weight is 155 g/mol. The summed E-state index contributed by atoms with van der Waals surface area (Å²) in [5.41, 5.74) is 0. The van der Waals surface area contributed by atoms with E-state index >= 15 is 0 Å². The Morgan fingerprint density at radius 3 is 2.73 bits per heavy atom. The monoisotopic (exact) mass is 155 g/mol. The molecule has 0 aliphatic carbocycles. The second kappa shape index (κ2) is 4.10. The van der Waals surface area contributed by atoms with Crippen molar-refractivity contribution in [2.45, 2.75) is 45.6 Å². The number of hydrogen-bond acceptors (Lipinski definition) is 1. The molecule has 0 amide bonds. The maximum absolute atomic E-state index is 2.54. The number of likely N-dealkylation sites (tertiary alicyclic amines) is 1. The smallest absolute Gasteiger partial charge is 0.0115 e. The summed E-state index contributed by atoms with van der Waals surface area (Å²) in [6.07, 6.45) is 5.58. The fourth-order valence-corrected chi connectivity index (χ4v) is 2.33. The highest BCUT2D eigenvalue weighted by Gasteiger charge is 2.21. The van der Waals surface area contributed by atoms with Gasteiger partial charge in [-0.1, -0.05) is 20.3 Å². The lowest BCUT2D eigenvalue weighted by Crippen LogP contribution is -2.34. The first-order valence-electron chi connectivity index (χ1n) is 4.96. The Kier molecular flexibility index (Phi) is 3.38. The molecule has 1 heterocycles. The van der Waals surface area contributed by atoms with Gasteiger partial charge in [0, 0.05) is 6.04 Å². The lowest BCUT2D eigenvalue weighted by atomic mass is 9.95. The van der Waals surface area contributed by atoms with E-state index < -0.39 is 0 Å². The first-order chi connectivity index (χ1) is 5.25. The molecule has 66 valence electrons. The Morgan fingerprint density at radius 2 is 2.09 bits per heavy atom. The van der Waals surface area contributed by atoms with E-state index in [1.807, 2.05) is 0 Å². The first-order valence-corrected chi connectivity index (χ1v) is 4.96. The van der Waals surface area contributed by atoms with Gasteiger partial charge in [-0.2, -0.15) is 0 Å². The minimum absolute atomic E-state index is 0.845. The van der Waals surface area contributed by atoms with Crippen molar-refractivity contribution >= 4 is 0 Å². The van der Waals surface area contributed by atoms with Gasteiger partial charge in [0.15, 0.2) is 0 Å². The van der Waals surface area contributed by atoms with Crippen LogP contribution in [0.25, 0.3) is 0 Å². The Hall–Kier alpha value is -0.0400. The summed E-state index contributed by atoms with van der Waals surface area (Å²) >= 11 is 0. The third kappa shape index (κ3) is 2.19. The van der Waals surface area contributed by atoms with Crippen LogP contribution in [0.2, 0.25) is 0 Å². The van der Waals surface area contributed by atoms with E-state index in [0.29, 0.717) is 0 Å².